The van der Waals surface area contributed by atoms with Crippen molar-refractivity contribution in [3.63, 3.8) is 0 Å². The second-order valence-corrected chi connectivity index (χ2v) is 23.4. The van der Waals surface area contributed by atoms with Gasteiger partial charge in [-0.2, -0.15) is 38.2 Å². The van der Waals surface area contributed by atoms with Crippen molar-refractivity contribution in [1.82, 2.24) is 4.73 Å². The quantitative estimate of drug-likeness (QED) is 0.0292. The third kappa shape index (κ3) is 10.1. The van der Waals surface area contributed by atoms with Crippen molar-refractivity contribution < 1.29 is 85.8 Å². The number of rotatable bonds is 20. The van der Waals surface area contributed by atoms with Crippen LogP contribution < -0.4 is 9.74 Å². The molecule has 6 N–H and O–H groups in total. The fourth-order valence-corrected chi connectivity index (χ4v) is 12.7. The molecule has 0 amide bonds. The summed E-state index contributed by atoms with van der Waals surface area (Å²) in [5.41, 5.74) is 1.10. The Bertz CT molecular complexity index is 3570. The monoisotopic (exact) mass is 1080 g/mol. The Kier molecular flexibility index (Phi) is 15.0. The van der Waals surface area contributed by atoms with Gasteiger partial charge in [-0.05, 0) is 105 Å². The summed E-state index contributed by atoms with van der Waals surface area (Å²) < 4.78 is 156. The van der Waals surface area contributed by atoms with Crippen LogP contribution in [0.5, 0.6) is 11.8 Å². The van der Waals surface area contributed by atoms with Gasteiger partial charge in [0.25, 0.3) is 40.5 Å². The van der Waals surface area contributed by atoms with Crippen LogP contribution in [0.25, 0.3) is 21.5 Å². The zero-order valence-electron chi connectivity index (χ0n) is 39.6. The molecule has 3 heterocycles. The third-order valence-electron chi connectivity index (χ3n) is 13.3. The second-order valence-electron chi connectivity index (χ2n) is 17.8. The van der Waals surface area contributed by atoms with Crippen molar-refractivity contribution in [2.75, 3.05) is 45.4 Å². The van der Waals surface area contributed by atoms with Gasteiger partial charge in [0.05, 0.1) is 15.2 Å². The molecule has 72 heavy (non-hydrogen) atoms. The molecule has 4 aromatic carbocycles. The highest BCUT2D eigenvalue weighted by Gasteiger charge is 2.50. The minimum atomic E-state index is -5.07. The molecular formula is C47H54N3O18S4+. The lowest BCUT2D eigenvalue weighted by atomic mass is 9.74. The number of anilines is 1. The van der Waals surface area contributed by atoms with Crippen LogP contribution in [-0.2, 0) is 65.6 Å². The Morgan fingerprint density at radius 2 is 1.19 bits per heavy atom. The van der Waals surface area contributed by atoms with Crippen molar-refractivity contribution in [2.24, 2.45) is 0 Å². The number of methoxy groups -OCH3 is 2. The Balaban J connectivity index is 1.40. The zero-order valence-corrected chi connectivity index (χ0v) is 42.9. The summed E-state index contributed by atoms with van der Waals surface area (Å²) in [5, 5.41) is 20.0. The number of benzene rings is 4. The summed E-state index contributed by atoms with van der Waals surface area (Å²) in [7, 11) is -17.1. The van der Waals surface area contributed by atoms with E-state index in [9.17, 15) is 66.9 Å². The first-order chi connectivity index (χ1) is 33.6. The predicted octanol–water partition coefficient (Wildman–Crippen LogP) is 6.08. The maximum atomic E-state index is 12.9. The van der Waals surface area contributed by atoms with E-state index in [0.29, 0.717) is 76.6 Å². The van der Waals surface area contributed by atoms with Gasteiger partial charge >= 0.3 is 5.97 Å². The van der Waals surface area contributed by atoms with Gasteiger partial charge < -0.3 is 29.4 Å². The Morgan fingerprint density at radius 3 is 1.71 bits per heavy atom. The van der Waals surface area contributed by atoms with Crippen LogP contribution in [0.15, 0.2) is 104 Å². The summed E-state index contributed by atoms with van der Waals surface area (Å²) in [6.07, 6.45) is 6.99. The van der Waals surface area contributed by atoms with Crippen molar-refractivity contribution in [3.05, 3.63) is 95.7 Å². The molecule has 0 radical (unpaired) electrons. The summed E-state index contributed by atoms with van der Waals surface area (Å²) in [4.78, 5) is 16.7. The number of ether oxygens (including phenoxy) is 2. The van der Waals surface area contributed by atoms with Crippen LogP contribution in [0.4, 0.5) is 11.4 Å². The molecule has 2 aliphatic rings. The topological polar surface area (TPSA) is 314 Å². The van der Waals surface area contributed by atoms with Gasteiger partial charge in [-0.3, -0.25) is 18.2 Å². The van der Waals surface area contributed by atoms with Crippen LogP contribution in [0, 0.1) is 0 Å². The average molecular weight is 1080 g/mol. The van der Waals surface area contributed by atoms with Crippen LogP contribution >= 0.6 is 0 Å². The van der Waals surface area contributed by atoms with E-state index in [-0.39, 0.29) is 60.6 Å². The number of nitrogens with zero attached hydrogens (tertiary/aromatic N) is 3. The van der Waals surface area contributed by atoms with Gasteiger partial charge in [0.1, 0.15) is 16.3 Å². The molecule has 2 unspecified atom stereocenters. The number of hydrogen-bond acceptors (Lipinski definition) is 15. The molecule has 5 aromatic rings. The summed E-state index contributed by atoms with van der Waals surface area (Å²) in [6.45, 7) is 6.51. The lowest BCUT2D eigenvalue weighted by Crippen LogP contribution is -2.33. The molecule has 0 saturated heterocycles. The first-order valence-electron chi connectivity index (χ1n) is 22.3. The van der Waals surface area contributed by atoms with Crippen LogP contribution in [0.3, 0.4) is 0 Å². The number of unbranched alkanes of at least 4 members (excludes halogenated alkanes) is 2. The molecule has 25 heteroatoms. The molecular weight excluding hydrogens is 1020 g/mol. The van der Waals surface area contributed by atoms with Gasteiger partial charge in [0, 0.05) is 104 Å². The first-order valence-corrected chi connectivity index (χ1v) is 28.1. The number of aromatic nitrogens is 1. The molecule has 1 aromatic heterocycles. The molecule has 21 nitrogen and oxygen atoms in total. The lowest BCUT2D eigenvalue weighted by Gasteiger charge is -2.30. The van der Waals surface area contributed by atoms with E-state index >= 15 is 0 Å². The van der Waals surface area contributed by atoms with Crippen molar-refractivity contribution >= 4 is 85.1 Å². The van der Waals surface area contributed by atoms with Gasteiger partial charge in [-0.25, -0.2) is 4.79 Å². The fraction of sp³-hybridized carbons (Fsp3) is 0.362. The van der Waals surface area contributed by atoms with Crippen molar-refractivity contribution in [2.45, 2.75) is 89.7 Å². The van der Waals surface area contributed by atoms with Crippen molar-refractivity contribution in [3.8, 4) is 11.8 Å². The highest BCUT2D eigenvalue weighted by Crippen LogP contribution is 2.54. The van der Waals surface area contributed by atoms with Gasteiger partial charge in [-0.1, -0.05) is 12.1 Å². The maximum absolute atomic E-state index is 12.9. The molecule has 0 fully saturated rings. The maximum Gasteiger partial charge on any atom is 0.333 e. The van der Waals surface area contributed by atoms with E-state index in [0.717, 1.165) is 24.3 Å². The number of fused-ring (bicyclic) bond motifs is 6. The minimum absolute atomic E-state index is 0.00175. The smallest absolute Gasteiger partial charge is 0.333 e. The Labute approximate surface area is 416 Å². The normalized spacial score (nSPS) is 19.1. The largest absolute Gasteiger partial charge is 0.492 e. The Morgan fingerprint density at radius 1 is 0.667 bits per heavy atom. The highest BCUT2D eigenvalue weighted by atomic mass is 32.2. The predicted molar refractivity (Wildman–Crippen MR) is 263 cm³/mol. The van der Waals surface area contributed by atoms with Gasteiger partial charge in [-0.15, -0.1) is 4.73 Å². The van der Waals surface area contributed by atoms with E-state index in [1.807, 2.05) is 42.4 Å². The standard InChI is InChI=1S/C47H53N3O18S4/c1-6-48-35-16-14-31-33(25-29(69(54,55)56)27-37(31)71(60,61)62)44(35)46(2,20-23-66-4)39(48)11-10-12-40-47(3,21-24-67-5)45-34-26-30(70(57,58)59)28-38(72(63,64)65)32(34)15-17-36(45)49(40)22-9-7-8-13-43(53)68-50-41(51)18-19-42(50)52/h10-12,14-19,25-28H,6-9,13,20-24H2,1-5H3,(H5-,51,52,54,55,56,57,58,59,60,61,62,63,64,65)/p+1. The van der Waals surface area contributed by atoms with Crippen LogP contribution in [0.2, 0.25) is 0 Å². The number of carbonyl (C=O) groups excluding carboxylic acids is 1. The number of carbonyl (C=O) groups is 1. The molecule has 388 valence electrons. The molecule has 0 spiro atoms. The molecule has 2 aliphatic heterocycles. The van der Waals surface area contributed by atoms with Crippen LogP contribution in [0.1, 0.15) is 70.4 Å². The molecule has 0 bridgehead atoms. The van der Waals surface area contributed by atoms with E-state index < -0.39 is 88.6 Å². The summed E-state index contributed by atoms with van der Waals surface area (Å²) in [6, 6.07) is 12.1. The fourth-order valence-electron chi connectivity index (χ4n) is 10.0. The lowest BCUT2D eigenvalue weighted by molar-refractivity contribution is -0.438. The number of allylic oxidation sites excluding steroid dienone is 4. The zero-order chi connectivity index (χ0) is 52.9. The van der Waals surface area contributed by atoms with E-state index in [1.165, 1.54) is 26.4 Å². The first kappa shape index (κ1) is 54.0. The van der Waals surface area contributed by atoms with E-state index in [4.69, 9.17) is 14.3 Å². The number of hydrogen-bond donors (Lipinski definition) is 6. The molecule has 7 rings (SSSR count). The van der Waals surface area contributed by atoms with Crippen molar-refractivity contribution in [1.29, 1.82) is 0 Å². The number of likely N-dealkylation sites (N-methyl/N-ethyl adjacent to an activating group) is 1. The highest BCUT2D eigenvalue weighted by molar-refractivity contribution is 7.87. The minimum Gasteiger partial charge on any atom is -0.492 e. The Hall–Kier alpha value is -5.74. The molecule has 0 aliphatic carbocycles. The number of aromatic hydroxyl groups is 2. The second kappa shape index (κ2) is 19.9. The van der Waals surface area contributed by atoms with E-state index in [1.54, 1.807) is 18.2 Å². The summed E-state index contributed by atoms with van der Waals surface area (Å²) in [5.74, 6) is -1.69. The molecule has 2 atom stereocenters. The van der Waals surface area contributed by atoms with E-state index in [2.05, 4.69) is 0 Å². The molecule has 0 saturated carbocycles. The SMILES string of the molecule is CCN1C(=CC=CC2=[N+](CCCCCC(=O)On3c(O)ccc3O)c3ccc4c(S(=O)(=O)O)cc(S(=O)(=O)O)cc4c3C2(C)CCOC)C(C)(CCOC)c2c1ccc1c(S(=O)(=O)O)cc(S(=O)(=O)O)cc21. The summed E-state index contributed by atoms with van der Waals surface area (Å²) >= 11 is 0. The van der Waals surface area contributed by atoms with Gasteiger partial charge in [0.15, 0.2) is 5.71 Å². The van der Waals surface area contributed by atoms with Gasteiger partial charge in [0.2, 0.25) is 17.4 Å². The van der Waals surface area contributed by atoms with Crippen LogP contribution in [-0.4, -0.2) is 124 Å². The third-order valence-corrected chi connectivity index (χ3v) is 16.8. The average Bonchev–Trinajstić information content (AvgIpc) is 3.84.